The van der Waals surface area contributed by atoms with Gasteiger partial charge in [-0.05, 0) is 67.8 Å². The van der Waals surface area contributed by atoms with Crippen molar-refractivity contribution in [3.05, 3.63) is 86.8 Å². The number of urea groups is 1. The molecular weight excluding hydrogens is 487 g/mol. The first-order chi connectivity index (χ1) is 16.7. The fourth-order valence-electron chi connectivity index (χ4n) is 4.12. The Hall–Kier alpha value is -3.55. The highest BCUT2D eigenvalue weighted by molar-refractivity contribution is 6.34. The van der Waals surface area contributed by atoms with Crippen molar-refractivity contribution in [2.75, 3.05) is 11.9 Å². The van der Waals surface area contributed by atoms with E-state index < -0.39 is 24.4 Å². The van der Waals surface area contributed by atoms with Crippen LogP contribution in [0.25, 0.3) is 11.8 Å². The first-order valence-electron chi connectivity index (χ1n) is 11.1. The minimum absolute atomic E-state index is 0.0919. The Balaban J connectivity index is 1.55. The number of imide groups is 1. The summed E-state index contributed by atoms with van der Waals surface area (Å²) in [7, 11) is 0. The fraction of sp³-hybridized carbons (Fsp3) is 0.192. The van der Waals surface area contributed by atoms with E-state index in [1.807, 2.05) is 49.6 Å². The molecule has 1 aromatic heterocycles. The van der Waals surface area contributed by atoms with Gasteiger partial charge in [0.15, 0.2) is 0 Å². The van der Waals surface area contributed by atoms with Crippen molar-refractivity contribution < 1.29 is 14.4 Å². The third-order valence-corrected chi connectivity index (χ3v) is 6.41. The summed E-state index contributed by atoms with van der Waals surface area (Å²) in [5, 5.41) is 6.43. The molecule has 0 unspecified atom stereocenters. The third kappa shape index (κ3) is 4.97. The molecule has 2 aromatic carbocycles. The fourth-order valence-corrected chi connectivity index (χ4v) is 4.48. The number of benzene rings is 2. The average Bonchev–Trinajstić information content (AvgIpc) is 3.24. The highest BCUT2D eigenvalue weighted by Crippen LogP contribution is 2.30. The van der Waals surface area contributed by atoms with E-state index in [9.17, 15) is 14.4 Å². The second kappa shape index (κ2) is 9.98. The summed E-state index contributed by atoms with van der Waals surface area (Å²) in [6.45, 7) is 5.38. The van der Waals surface area contributed by atoms with E-state index in [1.165, 1.54) is 0 Å². The van der Waals surface area contributed by atoms with Crippen molar-refractivity contribution in [2.45, 2.75) is 27.2 Å². The Morgan fingerprint density at radius 2 is 1.83 bits per heavy atom. The zero-order valence-corrected chi connectivity index (χ0v) is 21.0. The van der Waals surface area contributed by atoms with Crippen LogP contribution >= 0.6 is 23.2 Å². The van der Waals surface area contributed by atoms with E-state index in [0.29, 0.717) is 21.4 Å². The van der Waals surface area contributed by atoms with Crippen molar-refractivity contribution in [3.8, 4) is 5.69 Å². The second-order valence-corrected chi connectivity index (χ2v) is 9.04. The SMILES string of the molecule is CCc1ccccc1NC(=O)CN1C(=O)N/C(=C/c2cc(C)n(-c3cc(Cl)ccc3Cl)c2C)C1=O. The molecule has 4 amide bonds. The number of rotatable bonds is 6. The van der Waals surface area contributed by atoms with Crippen molar-refractivity contribution >= 4 is 52.8 Å². The van der Waals surface area contributed by atoms with Gasteiger partial charge < -0.3 is 15.2 Å². The zero-order valence-electron chi connectivity index (χ0n) is 19.5. The molecule has 4 rings (SSSR count). The quantitative estimate of drug-likeness (QED) is 0.339. The Morgan fingerprint density at radius 3 is 2.57 bits per heavy atom. The van der Waals surface area contributed by atoms with Gasteiger partial charge in [0.25, 0.3) is 5.91 Å². The van der Waals surface area contributed by atoms with Gasteiger partial charge in [-0.2, -0.15) is 0 Å². The molecule has 180 valence electrons. The second-order valence-electron chi connectivity index (χ2n) is 8.20. The average molecular weight is 511 g/mol. The zero-order chi connectivity index (χ0) is 25.3. The molecule has 9 heteroatoms. The van der Waals surface area contributed by atoms with Crippen molar-refractivity contribution in [2.24, 2.45) is 0 Å². The molecule has 1 aliphatic heterocycles. The Labute approximate surface area is 213 Å². The maximum Gasteiger partial charge on any atom is 0.329 e. The van der Waals surface area contributed by atoms with Crippen LogP contribution in [-0.2, 0) is 16.0 Å². The summed E-state index contributed by atoms with van der Waals surface area (Å²) in [6.07, 6.45) is 2.34. The Kier molecular flexibility index (Phi) is 7.00. The summed E-state index contributed by atoms with van der Waals surface area (Å²) in [5.41, 5.74) is 4.85. The minimum atomic E-state index is -0.646. The lowest BCUT2D eigenvalue weighted by Crippen LogP contribution is -2.38. The predicted octanol–water partition coefficient (Wildman–Crippen LogP) is 5.49. The van der Waals surface area contributed by atoms with E-state index in [4.69, 9.17) is 23.2 Å². The molecular formula is C26H24Cl2N4O3. The van der Waals surface area contributed by atoms with Crippen LogP contribution in [-0.4, -0.2) is 33.9 Å². The molecule has 0 atom stereocenters. The summed E-state index contributed by atoms with van der Waals surface area (Å²) in [5.74, 6) is -1.02. The molecule has 0 spiro atoms. The highest BCUT2D eigenvalue weighted by Gasteiger charge is 2.35. The van der Waals surface area contributed by atoms with E-state index in [1.54, 1.807) is 30.3 Å². The molecule has 1 saturated heterocycles. The number of carbonyl (C=O) groups excluding carboxylic acids is 3. The number of aryl methyl sites for hydroxylation is 2. The van der Waals surface area contributed by atoms with Crippen LogP contribution in [0.3, 0.4) is 0 Å². The van der Waals surface area contributed by atoms with Crippen LogP contribution in [0.5, 0.6) is 0 Å². The highest BCUT2D eigenvalue weighted by atomic mass is 35.5. The molecule has 2 heterocycles. The van der Waals surface area contributed by atoms with Gasteiger partial charge in [-0.25, -0.2) is 9.69 Å². The van der Waals surface area contributed by atoms with Crippen LogP contribution in [0.2, 0.25) is 10.0 Å². The van der Waals surface area contributed by atoms with Crippen LogP contribution < -0.4 is 10.6 Å². The minimum Gasteiger partial charge on any atom is -0.324 e. The van der Waals surface area contributed by atoms with E-state index >= 15 is 0 Å². The number of aromatic nitrogens is 1. The lowest BCUT2D eigenvalue weighted by molar-refractivity contribution is -0.127. The van der Waals surface area contributed by atoms with Crippen LogP contribution in [0, 0.1) is 13.8 Å². The van der Waals surface area contributed by atoms with E-state index in [2.05, 4.69) is 10.6 Å². The number of amides is 4. The molecule has 0 radical (unpaired) electrons. The Morgan fingerprint density at radius 1 is 1.09 bits per heavy atom. The molecule has 35 heavy (non-hydrogen) atoms. The largest absolute Gasteiger partial charge is 0.329 e. The van der Waals surface area contributed by atoms with E-state index in [-0.39, 0.29) is 5.70 Å². The number of nitrogens with one attached hydrogen (secondary N) is 2. The van der Waals surface area contributed by atoms with Gasteiger partial charge in [-0.1, -0.05) is 48.3 Å². The smallest absolute Gasteiger partial charge is 0.324 e. The molecule has 1 fully saturated rings. The summed E-state index contributed by atoms with van der Waals surface area (Å²) >= 11 is 12.6. The van der Waals surface area contributed by atoms with Crippen molar-refractivity contribution in [1.29, 1.82) is 0 Å². The van der Waals surface area contributed by atoms with Gasteiger partial charge in [0.2, 0.25) is 5.91 Å². The Bertz CT molecular complexity index is 1380. The van der Waals surface area contributed by atoms with Gasteiger partial charge in [0, 0.05) is 22.1 Å². The van der Waals surface area contributed by atoms with Crippen LogP contribution in [0.4, 0.5) is 10.5 Å². The third-order valence-electron chi connectivity index (χ3n) is 5.86. The predicted molar refractivity (Wildman–Crippen MR) is 138 cm³/mol. The van der Waals surface area contributed by atoms with Gasteiger partial charge >= 0.3 is 6.03 Å². The summed E-state index contributed by atoms with van der Waals surface area (Å²) in [6, 6.07) is 13.8. The number of halogens is 2. The van der Waals surface area contributed by atoms with Gasteiger partial charge in [-0.15, -0.1) is 0 Å². The number of nitrogens with zero attached hydrogens (tertiary/aromatic N) is 2. The van der Waals surface area contributed by atoms with Gasteiger partial charge in [0.05, 0.1) is 10.7 Å². The lowest BCUT2D eigenvalue weighted by atomic mass is 10.1. The molecule has 0 aliphatic carbocycles. The van der Waals surface area contributed by atoms with Crippen LogP contribution in [0.15, 0.2) is 54.2 Å². The molecule has 2 N–H and O–H groups in total. The number of anilines is 1. The molecule has 3 aromatic rings. The molecule has 1 aliphatic rings. The first-order valence-corrected chi connectivity index (χ1v) is 11.8. The molecule has 0 saturated carbocycles. The standard InChI is InChI=1S/C26H24Cl2N4O3/c1-4-17-7-5-6-8-21(17)29-24(33)14-31-25(34)22(30-26(31)35)12-18-11-15(2)32(16(18)3)23-13-19(27)9-10-20(23)28/h5-13H,4,14H2,1-3H3,(H,29,33)(H,30,35)/b22-12+. The maximum absolute atomic E-state index is 13.0. The normalized spacial score (nSPS) is 14.5. The molecule has 7 nitrogen and oxygen atoms in total. The van der Waals surface area contributed by atoms with Gasteiger partial charge in [-0.3, -0.25) is 9.59 Å². The van der Waals surface area contributed by atoms with Gasteiger partial charge in [0.1, 0.15) is 12.2 Å². The topological polar surface area (TPSA) is 83.4 Å². The van der Waals surface area contributed by atoms with Crippen molar-refractivity contribution in [1.82, 2.24) is 14.8 Å². The first kappa shape index (κ1) is 24.6. The number of hydrogen-bond acceptors (Lipinski definition) is 3. The van der Waals surface area contributed by atoms with Crippen LogP contribution in [0.1, 0.15) is 29.4 Å². The van der Waals surface area contributed by atoms with E-state index in [0.717, 1.165) is 33.8 Å². The van der Waals surface area contributed by atoms with Crippen molar-refractivity contribution in [3.63, 3.8) is 0 Å². The number of carbonyl (C=O) groups is 3. The summed E-state index contributed by atoms with van der Waals surface area (Å²) in [4.78, 5) is 38.9. The number of hydrogen-bond donors (Lipinski definition) is 2. The monoisotopic (exact) mass is 510 g/mol. The number of para-hydroxylation sites is 1. The lowest BCUT2D eigenvalue weighted by Gasteiger charge is -2.13. The maximum atomic E-state index is 13.0. The summed E-state index contributed by atoms with van der Waals surface area (Å²) < 4.78 is 1.93. The molecule has 0 bridgehead atoms.